The molecule has 34 heavy (non-hydrogen) atoms. The van der Waals surface area contributed by atoms with E-state index in [0.717, 1.165) is 50.6 Å². The molecule has 7 nitrogen and oxygen atoms in total. The van der Waals surface area contributed by atoms with Crippen molar-refractivity contribution in [2.75, 3.05) is 61.5 Å². The fourth-order valence-corrected chi connectivity index (χ4v) is 4.44. The Balaban J connectivity index is 1.19. The van der Waals surface area contributed by atoms with E-state index in [0.29, 0.717) is 17.2 Å². The minimum absolute atomic E-state index is 0.498. The molecule has 3 aromatic rings. The van der Waals surface area contributed by atoms with Crippen LogP contribution in [0.2, 0.25) is 0 Å². The van der Waals surface area contributed by atoms with Crippen LogP contribution >= 0.6 is 0 Å². The molecule has 3 heterocycles. The first kappa shape index (κ1) is 22.7. The lowest BCUT2D eigenvalue weighted by atomic mass is 9.99. The molecule has 2 saturated heterocycles. The van der Waals surface area contributed by atoms with Crippen LogP contribution in [0.4, 0.5) is 28.8 Å². The Bertz CT molecular complexity index is 1060. The molecule has 0 aliphatic carbocycles. The second-order valence-electron chi connectivity index (χ2n) is 8.89. The normalized spacial score (nSPS) is 16.5. The number of nitrogens with zero attached hydrogens (tertiary/aromatic N) is 4. The van der Waals surface area contributed by atoms with E-state index in [1.54, 1.807) is 6.20 Å². The summed E-state index contributed by atoms with van der Waals surface area (Å²) < 4.78 is 5.43. The van der Waals surface area contributed by atoms with Crippen molar-refractivity contribution in [3.63, 3.8) is 0 Å². The molecule has 0 atom stereocenters. The van der Waals surface area contributed by atoms with Crippen LogP contribution in [0, 0.1) is 0 Å². The molecule has 8 heteroatoms. The second kappa shape index (κ2) is 10.9. The molecule has 2 N–H and O–H groups in total. The molecule has 2 radical (unpaired) electrons. The van der Waals surface area contributed by atoms with Crippen molar-refractivity contribution in [2.24, 2.45) is 0 Å². The Morgan fingerprint density at radius 3 is 2.26 bits per heavy atom. The number of aromatic nitrogens is 2. The van der Waals surface area contributed by atoms with Crippen molar-refractivity contribution in [3.05, 3.63) is 60.3 Å². The summed E-state index contributed by atoms with van der Waals surface area (Å²) in [5.41, 5.74) is 4.92. The maximum absolute atomic E-state index is 6.14. The van der Waals surface area contributed by atoms with E-state index in [9.17, 15) is 0 Å². The van der Waals surface area contributed by atoms with E-state index in [1.807, 2.05) is 12.1 Å². The summed E-state index contributed by atoms with van der Waals surface area (Å²) in [4.78, 5) is 13.8. The Labute approximate surface area is 203 Å². The molecular formula is C26H31BN6O. The largest absolute Gasteiger partial charge is 0.378 e. The summed E-state index contributed by atoms with van der Waals surface area (Å²) in [7, 11) is 6.14. The molecule has 174 valence electrons. The van der Waals surface area contributed by atoms with Crippen LogP contribution in [0.3, 0.4) is 0 Å². The molecule has 2 aromatic carbocycles. The number of anilines is 5. The second-order valence-corrected chi connectivity index (χ2v) is 8.89. The predicted octanol–water partition coefficient (Wildman–Crippen LogP) is 3.23. The standard InChI is InChI=1S/C26H31BN6O/c27-24-19-28-26(30-22-7-9-23(10-8-22)33-15-17-34-18-16-33)31-25(24)29-21-5-3-20(4-6-21)11-14-32-12-1-2-13-32/h3-10,19H,1-2,11-18H2,(H2,28,29,30,31). The highest BCUT2D eigenvalue weighted by molar-refractivity contribution is 6.35. The van der Waals surface area contributed by atoms with Crippen molar-refractivity contribution >= 4 is 42.1 Å². The molecule has 2 aliphatic heterocycles. The highest BCUT2D eigenvalue weighted by Gasteiger charge is 2.12. The number of hydrogen-bond acceptors (Lipinski definition) is 7. The number of likely N-dealkylation sites (tertiary alicyclic amines) is 1. The number of benzene rings is 2. The van der Waals surface area contributed by atoms with Crippen LogP contribution in [0.25, 0.3) is 0 Å². The molecule has 0 unspecified atom stereocenters. The third kappa shape index (κ3) is 5.87. The summed E-state index contributed by atoms with van der Waals surface area (Å²) in [5.74, 6) is 1.09. The lowest BCUT2D eigenvalue weighted by molar-refractivity contribution is 0.122. The number of morpholine rings is 1. The molecule has 0 saturated carbocycles. The quantitative estimate of drug-likeness (QED) is 0.507. The zero-order valence-electron chi connectivity index (χ0n) is 19.5. The summed E-state index contributed by atoms with van der Waals surface area (Å²) >= 11 is 0. The lowest BCUT2D eigenvalue weighted by Crippen LogP contribution is -2.36. The molecule has 0 bridgehead atoms. The zero-order valence-corrected chi connectivity index (χ0v) is 19.5. The maximum Gasteiger partial charge on any atom is 0.229 e. The van der Waals surface area contributed by atoms with E-state index in [-0.39, 0.29) is 0 Å². The number of hydrogen-bond donors (Lipinski definition) is 2. The predicted molar refractivity (Wildman–Crippen MR) is 139 cm³/mol. The third-order valence-corrected chi connectivity index (χ3v) is 6.45. The van der Waals surface area contributed by atoms with Gasteiger partial charge in [-0.3, -0.25) is 0 Å². The maximum atomic E-state index is 6.14. The van der Waals surface area contributed by atoms with Gasteiger partial charge in [0.15, 0.2) is 0 Å². The smallest absolute Gasteiger partial charge is 0.229 e. The first-order chi connectivity index (χ1) is 16.7. The van der Waals surface area contributed by atoms with E-state index < -0.39 is 0 Å². The molecule has 0 spiro atoms. The van der Waals surface area contributed by atoms with E-state index in [2.05, 4.69) is 66.8 Å². The summed E-state index contributed by atoms with van der Waals surface area (Å²) in [6.45, 7) is 6.99. The van der Waals surface area contributed by atoms with Gasteiger partial charge in [-0.1, -0.05) is 12.1 Å². The first-order valence-electron chi connectivity index (χ1n) is 12.1. The van der Waals surface area contributed by atoms with Crippen LogP contribution in [0.5, 0.6) is 0 Å². The first-order valence-corrected chi connectivity index (χ1v) is 12.1. The van der Waals surface area contributed by atoms with Crippen LogP contribution in [0.15, 0.2) is 54.7 Å². The van der Waals surface area contributed by atoms with Gasteiger partial charge in [0.1, 0.15) is 13.7 Å². The summed E-state index contributed by atoms with van der Waals surface area (Å²) in [6.07, 6.45) is 5.37. The van der Waals surface area contributed by atoms with Gasteiger partial charge in [0, 0.05) is 42.9 Å². The van der Waals surface area contributed by atoms with E-state index >= 15 is 0 Å². The van der Waals surface area contributed by atoms with Crippen LogP contribution in [-0.2, 0) is 11.2 Å². The van der Waals surface area contributed by atoms with Gasteiger partial charge >= 0.3 is 0 Å². The van der Waals surface area contributed by atoms with Gasteiger partial charge in [0.25, 0.3) is 0 Å². The Morgan fingerprint density at radius 1 is 0.853 bits per heavy atom. The fraction of sp³-hybridized carbons (Fsp3) is 0.385. The average Bonchev–Trinajstić information content (AvgIpc) is 3.40. The molecule has 0 amide bonds. The fourth-order valence-electron chi connectivity index (χ4n) is 4.44. The number of rotatable bonds is 8. The monoisotopic (exact) mass is 454 g/mol. The SMILES string of the molecule is [B]c1cnc(Nc2ccc(N3CCOCC3)cc2)nc1Nc1ccc(CCN2CCCC2)cc1. The topological polar surface area (TPSA) is 65.5 Å². The van der Waals surface area contributed by atoms with Crippen LogP contribution in [0.1, 0.15) is 18.4 Å². The van der Waals surface area contributed by atoms with Crippen LogP contribution in [-0.4, -0.2) is 68.7 Å². The molecule has 2 fully saturated rings. The van der Waals surface area contributed by atoms with Crippen molar-refractivity contribution in [3.8, 4) is 0 Å². The Hall–Kier alpha value is -3.10. The summed E-state index contributed by atoms with van der Waals surface area (Å²) in [6, 6.07) is 16.8. The van der Waals surface area contributed by atoms with Gasteiger partial charge < -0.3 is 25.2 Å². The molecule has 1 aromatic heterocycles. The van der Waals surface area contributed by atoms with Gasteiger partial charge in [-0.25, -0.2) is 4.98 Å². The average molecular weight is 454 g/mol. The Morgan fingerprint density at radius 2 is 1.53 bits per heavy atom. The van der Waals surface area contributed by atoms with Gasteiger partial charge in [0.2, 0.25) is 5.95 Å². The van der Waals surface area contributed by atoms with Crippen molar-refractivity contribution < 1.29 is 4.74 Å². The lowest BCUT2D eigenvalue weighted by Gasteiger charge is -2.28. The van der Waals surface area contributed by atoms with Gasteiger partial charge in [-0.2, -0.15) is 4.98 Å². The molecule has 2 aliphatic rings. The van der Waals surface area contributed by atoms with Gasteiger partial charge in [0.05, 0.1) is 13.2 Å². The number of ether oxygens (including phenoxy) is 1. The summed E-state index contributed by atoms with van der Waals surface area (Å²) in [5, 5.41) is 6.60. The van der Waals surface area contributed by atoms with Crippen LogP contribution < -0.4 is 21.0 Å². The highest BCUT2D eigenvalue weighted by atomic mass is 16.5. The van der Waals surface area contributed by atoms with E-state index in [1.165, 1.54) is 37.2 Å². The molecular weight excluding hydrogens is 423 g/mol. The van der Waals surface area contributed by atoms with Crippen molar-refractivity contribution in [1.82, 2.24) is 14.9 Å². The third-order valence-electron chi connectivity index (χ3n) is 6.45. The van der Waals surface area contributed by atoms with Gasteiger partial charge in [-0.15, -0.1) is 0 Å². The van der Waals surface area contributed by atoms with Crippen molar-refractivity contribution in [1.29, 1.82) is 0 Å². The zero-order chi connectivity index (χ0) is 23.2. The highest BCUT2D eigenvalue weighted by Crippen LogP contribution is 2.22. The van der Waals surface area contributed by atoms with Gasteiger partial charge in [-0.05, 0) is 79.8 Å². The minimum Gasteiger partial charge on any atom is -0.378 e. The number of nitrogens with one attached hydrogen (secondary N) is 2. The van der Waals surface area contributed by atoms with E-state index in [4.69, 9.17) is 12.6 Å². The Kier molecular flexibility index (Phi) is 7.26. The molecule has 5 rings (SSSR count). The minimum atomic E-state index is 0.498. The van der Waals surface area contributed by atoms with Crippen molar-refractivity contribution in [2.45, 2.75) is 19.3 Å².